The molecule has 138 valence electrons. The average molecular weight is 376 g/mol. The molecule has 0 unspecified atom stereocenters. The van der Waals surface area contributed by atoms with E-state index in [1.54, 1.807) is 40.1 Å². The molecule has 7 heteroatoms. The third-order valence-corrected chi connectivity index (χ3v) is 4.43. The fourth-order valence-corrected chi connectivity index (χ4v) is 2.90. The average Bonchev–Trinajstić information content (AvgIpc) is 2.67. The Labute approximate surface area is 158 Å². The van der Waals surface area contributed by atoms with Gasteiger partial charge in [0.1, 0.15) is 5.75 Å². The highest BCUT2D eigenvalue weighted by Gasteiger charge is 2.26. The van der Waals surface area contributed by atoms with Crippen molar-refractivity contribution in [3.63, 3.8) is 0 Å². The summed E-state index contributed by atoms with van der Waals surface area (Å²) in [5.41, 5.74) is 7.47. The van der Waals surface area contributed by atoms with Gasteiger partial charge >= 0.3 is 0 Å². The molecule has 1 aliphatic rings. The van der Waals surface area contributed by atoms with E-state index < -0.39 is 0 Å². The van der Waals surface area contributed by atoms with Crippen LogP contribution in [0, 0.1) is 0 Å². The van der Waals surface area contributed by atoms with Crippen LogP contribution in [0.25, 0.3) is 0 Å². The molecular weight excluding hydrogens is 354 g/mol. The molecule has 2 aromatic carbocycles. The van der Waals surface area contributed by atoms with Crippen LogP contribution in [0.15, 0.2) is 48.5 Å². The molecule has 1 aliphatic heterocycles. The number of phenolic OH excluding ortho intramolecular Hbond substituents is 1. The second-order valence-corrected chi connectivity index (χ2v) is 6.00. The van der Waals surface area contributed by atoms with Gasteiger partial charge in [0, 0.05) is 38.3 Å². The lowest BCUT2D eigenvalue weighted by Crippen LogP contribution is -2.50. The Bertz CT molecular complexity index is 772. The summed E-state index contributed by atoms with van der Waals surface area (Å²) in [6.45, 7) is 2.27. The maximum absolute atomic E-state index is 12.6. The van der Waals surface area contributed by atoms with Crippen LogP contribution in [-0.2, 0) is 6.54 Å². The van der Waals surface area contributed by atoms with Crippen LogP contribution >= 0.6 is 12.4 Å². The number of halogens is 1. The monoisotopic (exact) mass is 375 g/mol. The summed E-state index contributed by atoms with van der Waals surface area (Å²) in [6, 6.07) is 13.8. The van der Waals surface area contributed by atoms with Crippen LogP contribution in [0.3, 0.4) is 0 Å². The lowest BCUT2D eigenvalue weighted by molar-refractivity contribution is 0.0533. The molecule has 2 amide bonds. The van der Waals surface area contributed by atoms with E-state index >= 15 is 0 Å². The van der Waals surface area contributed by atoms with Crippen molar-refractivity contribution in [3.8, 4) is 5.75 Å². The van der Waals surface area contributed by atoms with Crippen LogP contribution in [0.5, 0.6) is 5.75 Å². The molecule has 1 saturated heterocycles. The molecule has 1 heterocycles. The molecule has 26 heavy (non-hydrogen) atoms. The van der Waals surface area contributed by atoms with Crippen molar-refractivity contribution in [2.45, 2.75) is 6.54 Å². The van der Waals surface area contributed by atoms with Crippen molar-refractivity contribution < 1.29 is 14.7 Å². The van der Waals surface area contributed by atoms with E-state index in [2.05, 4.69) is 0 Å². The van der Waals surface area contributed by atoms with Crippen LogP contribution in [0.1, 0.15) is 26.3 Å². The van der Waals surface area contributed by atoms with Gasteiger partial charge < -0.3 is 20.6 Å². The molecule has 2 aromatic rings. The van der Waals surface area contributed by atoms with Crippen molar-refractivity contribution >= 4 is 24.2 Å². The van der Waals surface area contributed by atoms with Crippen molar-refractivity contribution in [1.82, 2.24) is 9.80 Å². The number of nitrogens with two attached hydrogens (primary N) is 1. The number of phenols is 1. The second-order valence-electron chi connectivity index (χ2n) is 6.00. The zero-order valence-electron chi connectivity index (χ0n) is 14.3. The fraction of sp³-hybridized carbons (Fsp3) is 0.263. The van der Waals surface area contributed by atoms with Gasteiger partial charge in [0.2, 0.25) is 0 Å². The minimum Gasteiger partial charge on any atom is -0.507 e. The number of carbonyl (C=O) groups excluding carboxylic acids is 2. The number of para-hydroxylation sites is 1. The number of piperazine rings is 1. The van der Waals surface area contributed by atoms with E-state index in [1.807, 2.05) is 12.1 Å². The molecule has 6 nitrogen and oxygen atoms in total. The Hall–Kier alpha value is -2.57. The topological polar surface area (TPSA) is 86.9 Å². The minimum absolute atomic E-state index is 0. The first kappa shape index (κ1) is 19.8. The zero-order valence-corrected chi connectivity index (χ0v) is 15.1. The van der Waals surface area contributed by atoms with Crippen LogP contribution in [-0.4, -0.2) is 52.9 Å². The molecule has 0 aliphatic carbocycles. The van der Waals surface area contributed by atoms with Gasteiger partial charge in [-0.1, -0.05) is 24.3 Å². The Kier molecular flexibility index (Phi) is 6.60. The number of hydrogen-bond donors (Lipinski definition) is 2. The van der Waals surface area contributed by atoms with Gasteiger partial charge in [0.05, 0.1) is 5.56 Å². The molecule has 0 spiro atoms. The van der Waals surface area contributed by atoms with Gasteiger partial charge in [-0.05, 0) is 29.8 Å². The molecule has 0 bridgehead atoms. The summed E-state index contributed by atoms with van der Waals surface area (Å²) in [7, 11) is 0. The summed E-state index contributed by atoms with van der Waals surface area (Å²) < 4.78 is 0. The van der Waals surface area contributed by atoms with Crippen LogP contribution < -0.4 is 5.73 Å². The Morgan fingerprint density at radius 3 is 1.96 bits per heavy atom. The lowest BCUT2D eigenvalue weighted by atomic mass is 10.1. The van der Waals surface area contributed by atoms with Crippen molar-refractivity contribution in [2.75, 3.05) is 26.2 Å². The molecule has 1 fully saturated rings. The summed E-state index contributed by atoms with van der Waals surface area (Å²) in [4.78, 5) is 28.4. The molecule has 3 N–H and O–H groups in total. The number of rotatable bonds is 3. The zero-order chi connectivity index (χ0) is 17.8. The third-order valence-electron chi connectivity index (χ3n) is 4.43. The van der Waals surface area contributed by atoms with Gasteiger partial charge in [-0.2, -0.15) is 0 Å². The smallest absolute Gasteiger partial charge is 0.257 e. The highest BCUT2D eigenvalue weighted by Crippen LogP contribution is 2.19. The van der Waals surface area contributed by atoms with E-state index in [4.69, 9.17) is 5.73 Å². The van der Waals surface area contributed by atoms with E-state index in [0.717, 1.165) is 5.56 Å². The predicted molar refractivity (Wildman–Crippen MR) is 101 cm³/mol. The van der Waals surface area contributed by atoms with Gasteiger partial charge in [0.15, 0.2) is 0 Å². The first-order chi connectivity index (χ1) is 12.1. The van der Waals surface area contributed by atoms with Crippen molar-refractivity contribution in [3.05, 3.63) is 65.2 Å². The van der Waals surface area contributed by atoms with Gasteiger partial charge in [-0.3, -0.25) is 9.59 Å². The Balaban J connectivity index is 0.00000243. The van der Waals surface area contributed by atoms with Crippen molar-refractivity contribution in [2.24, 2.45) is 5.73 Å². The van der Waals surface area contributed by atoms with E-state index in [-0.39, 0.29) is 30.0 Å². The predicted octanol–water partition coefficient (Wildman–Crippen LogP) is 1.87. The number of benzene rings is 2. The second kappa shape index (κ2) is 8.69. The number of nitrogens with zero attached hydrogens (tertiary/aromatic N) is 2. The first-order valence-electron chi connectivity index (χ1n) is 8.25. The number of amides is 2. The van der Waals surface area contributed by atoms with Crippen molar-refractivity contribution in [1.29, 1.82) is 0 Å². The highest BCUT2D eigenvalue weighted by molar-refractivity contribution is 5.97. The normalized spacial score (nSPS) is 13.9. The maximum atomic E-state index is 12.6. The number of hydrogen-bond acceptors (Lipinski definition) is 4. The largest absolute Gasteiger partial charge is 0.507 e. The van der Waals surface area contributed by atoms with E-state index in [9.17, 15) is 14.7 Å². The molecule has 3 rings (SSSR count). The third kappa shape index (κ3) is 4.15. The molecular formula is C19H22ClN3O3. The first-order valence-corrected chi connectivity index (χ1v) is 8.25. The Morgan fingerprint density at radius 2 is 1.42 bits per heavy atom. The van der Waals surface area contributed by atoms with Crippen LogP contribution in [0.2, 0.25) is 0 Å². The van der Waals surface area contributed by atoms with E-state index in [0.29, 0.717) is 43.9 Å². The standard InChI is InChI=1S/C19H21N3O3.ClH/c20-13-14-5-7-15(8-6-14)18(24)21-9-11-22(12-10-21)19(25)16-3-1-2-4-17(16)23;/h1-8,23H,9-13,20H2;1H. The van der Waals surface area contributed by atoms with Gasteiger partial charge in [-0.15, -0.1) is 12.4 Å². The molecule has 0 aromatic heterocycles. The summed E-state index contributed by atoms with van der Waals surface area (Å²) >= 11 is 0. The number of aromatic hydroxyl groups is 1. The summed E-state index contributed by atoms with van der Waals surface area (Å²) in [5.74, 6) is -0.276. The molecule has 0 radical (unpaired) electrons. The Morgan fingerprint density at radius 1 is 0.885 bits per heavy atom. The van der Waals surface area contributed by atoms with Gasteiger partial charge in [0.25, 0.3) is 11.8 Å². The van der Waals surface area contributed by atoms with E-state index in [1.165, 1.54) is 6.07 Å². The summed E-state index contributed by atoms with van der Waals surface area (Å²) in [5, 5.41) is 9.82. The fourth-order valence-electron chi connectivity index (χ4n) is 2.90. The van der Waals surface area contributed by atoms with Crippen LogP contribution in [0.4, 0.5) is 0 Å². The molecule has 0 atom stereocenters. The quantitative estimate of drug-likeness (QED) is 0.857. The SMILES string of the molecule is Cl.NCc1ccc(C(=O)N2CCN(C(=O)c3ccccc3O)CC2)cc1. The minimum atomic E-state index is -0.211. The number of carbonyl (C=O) groups is 2. The van der Waals surface area contributed by atoms with Gasteiger partial charge in [-0.25, -0.2) is 0 Å². The highest BCUT2D eigenvalue weighted by atomic mass is 35.5. The maximum Gasteiger partial charge on any atom is 0.257 e. The molecule has 0 saturated carbocycles. The summed E-state index contributed by atoms with van der Waals surface area (Å²) in [6.07, 6.45) is 0. The lowest BCUT2D eigenvalue weighted by Gasteiger charge is -2.35.